The molecule has 0 amide bonds. The van der Waals surface area contributed by atoms with Gasteiger partial charge in [0.25, 0.3) is 0 Å². The van der Waals surface area contributed by atoms with E-state index in [-0.39, 0.29) is 11.3 Å². The molecule has 0 radical (unpaired) electrons. The van der Waals surface area contributed by atoms with Crippen molar-refractivity contribution in [2.24, 2.45) is 0 Å². The molecule has 0 bridgehead atoms. The van der Waals surface area contributed by atoms with Crippen molar-refractivity contribution < 1.29 is 9.50 Å². The second kappa shape index (κ2) is 5.56. The van der Waals surface area contributed by atoms with Crippen molar-refractivity contribution in [1.82, 2.24) is 0 Å². The van der Waals surface area contributed by atoms with Crippen molar-refractivity contribution in [3.05, 3.63) is 59.4 Å². The van der Waals surface area contributed by atoms with E-state index in [9.17, 15) is 9.50 Å². The van der Waals surface area contributed by atoms with E-state index in [0.29, 0.717) is 11.3 Å². The predicted molar refractivity (Wildman–Crippen MR) is 68.8 cm³/mol. The second-order valence-corrected chi connectivity index (χ2v) is 4.73. The van der Waals surface area contributed by atoms with Crippen LogP contribution in [0.3, 0.4) is 0 Å². The predicted octanol–water partition coefficient (Wildman–Crippen LogP) is 3.70. The fourth-order valence-corrected chi connectivity index (χ4v) is 2.44. The van der Waals surface area contributed by atoms with Gasteiger partial charge >= 0.3 is 0 Å². The van der Waals surface area contributed by atoms with Gasteiger partial charge in [-0.25, -0.2) is 4.39 Å². The third-order valence-electron chi connectivity index (χ3n) is 2.41. The van der Waals surface area contributed by atoms with Crippen LogP contribution in [0.5, 0.6) is 5.75 Å². The van der Waals surface area contributed by atoms with Crippen LogP contribution in [0.2, 0.25) is 0 Å². The van der Waals surface area contributed by atoms with Crippen LogP contribution in [-0.4, -0.2) is 5.11 Å². The number of aromatic hydroxyl groups is 1. The summed E-state index contributed by atoms with van der Waals surface area (Å²) in [6, 6.07) is 13.4. The Morgan fingerprint density at radius 1 is 1.22 bits per heavy atom. The molecule has 0 heterocycles. The number of hydrogen-bond donors (Lipinski definition) is 1. The van der Waals surface area contributed by atoms with Crippen LogP contribution < -0.4 is 0 Å². The van der Waals surface area contributed by atoms with Crippen molar-refractivity contribution in [2.75, 3.05) is 0 Å². The lowest BCUT2D eigenvalue weighted by molar-refractivity contribution is 0.474. The molecule has 0 saturated carbocycles. The number of nitriles is 1. The maximum absolute atomic E-state index is 13.8. The summed E-state index contributed by atoms with van der Waals surface area (Å²) in [4.78, 5) is 0.858. The molecule has 0 aliphatic heterocycles. The van der Waals surface area contributed by atoms with E-state index in [1.54, 1.807) is 30.3 Å². The lowest BCUT2D eigenvalue weighted by Gasteiger charge is -2.04. The number of phenolic OH excluding ortho intramolecular Hbond substituents is 1. The van der Waals surface area contributed by atoms with Gasteiger partial charge in [0.2, 0.25) is 0 Å². The molecule has 2 nitrogen and oxygen atoms in total. The molecule has 0 saturated heterocycles. The minimum Gasteiger partial charge on any atom is -0.508 e. The first-order valence-electron chi connectivity index (χ1n) is 5.30. The largest absolute Gasteiger partial charge is 0.508 e. The molecule has 2 aromatic rings. The Morgan fingerprint density at radius 2 is 2.00 bits per heavy atom. The zero-order chi connectivity index (χ0) is 13.0. The summed E-state index contributed by atoms with van der Waals surface area (Å²) in [5, 5.41) is 18.1. The molecule has 0 fully saturated rings. The summed E-state index contributed by atoms with van der Waals surface area (Å²) in [7, 11) is 0. The number of phenols is 1. The van der Waals surface area contributed by atoms with Gasteiger partial charge in [0.1, 0.15) is 17.6 Å². The van der Waals surface area contributed by atoms with Gasteiger partial charge in [-0.2, -0.15) is 5.26 Å². The van der Waals surface area contributed by atoms with Crippen LogP contribution in [-0.2, 0) is 5.75 Å². The maximum Gasteiger partial charge on any atom is 0.144 e. The van der Waals surface area contributed by atoms with Crippen LogP contribution >= 0.6 is 11.8 Å². The van der Waals surface area contributed by atoms with E-state index in [1.165, 1.54) is 17.8 Å². The second-order valence-electron chi connectivity index (χ2n) is 3.68. The highest BCUT2D eigenvalue weighted by Crippen LogP contribution is 2.27. The van der Waals surface area contributed by atoms with Gasteiger partial charge in [-0.05, 0) is 29.8 Å². The minimum atomic E-state index is -0.465. The molecule has 2 rings (SSSR count). The summed E-state index contributed by atoms with van der Waals surface area (Å²) < 4.78 is 13.8. The highest BCUT2D eigenvalue weighted by atomic mass is 32.2. The Labute approximate surface area is 109 Å². The van der Waals surface area contributed by atoms with Crippen LogP contribution in [0.4, 0.5) is 4.39 Å². The maximum atomic E-state index is 13.8. The smallest absolute Gasteiger partial charge is 0.144 e. The Bertz CT molecular complexity index is 607. The number of nitrogens with zero attached hydrogens (tertiary/aromatic N) is 1. The summed E-state index contributed by atoms with van der Waals surface area (Å²) in [6.45, 7) is 0. The van der Waals surface area contributed by atoms with E-state index in [1.807, 2.05) is 12.1 Å². The number of halogens is 1. The molecule has 0 spiro atoms. The van der Waals surface area contributed by atoms with Gasteiger partial charge < -0.3 is 5.11 Å². The van der Waals surface area contributed by atoms with E-state index in [0.717, 1.165) is 4.90 Å². The Hall–Kier alpha value is -1.99. The van der Waals surface area contributed by atoms with E-state index < -0.39 is 5.82 Å². The number of thioether (sulfide) groups is 1. The molecule has 18 heavy (non-hydrogen) atoms. The summed E-state index contributed by atoms with van der Waals surface area (Å²) in [5.74, 6) is 0.143. The zero-order valence-electron chi connectivity index (χ0n) is 9.43. The van der Waals surface area contributed by atoms with Crippen molar-refractivity contribution >= 4 is 11.8 Å². The topological polar surface area (TPSA) is 44.0 Å². The lowest BCUT2D eigenvalue weighted by atomic mass is 10.1. The molecule has 0 unspecified atom stereocenters. The summed E-state index contributed by atoms with van der Waals surface area (Å²) in [5.41, 5.74) is 0.548. The standard InChI is InChI=1S/C14H10FNOS/c15-14-10(8-16)3-1-4-11(14)9-18-13-6-2-5-12(17)7-13/h1-7,17H,9H2. The Balaban J connectivity index is 2.14. The van der Waals surface area contributed by atoms with Gasteiger partial charge in [-0.1, -0.05) is 18.2 Å². The fourth-order valence-electron chi connectivity index (χ4n) is 1.51. The first-order valence-corrected chi connectivity index (χ1v) is 6.28. The van der Waals surface area contributed by atoms with E-state index >= 15 is 0 Å². The van der Waals surface area contributed by atoms with E-state index in [2.05, 4.69) is 0 Å². The summed E-state index contributed by atoms with van der Waals surface area (Å²) in [6.07, 6.45) is 0. The monoisotopic (exact) mass is 259 g/mol. The van der Waals surface area contributed by atoms with Gasteiger partial charge in [0, 0.05) is 10.6 Å². The van der Waals surface area contributed by atoms with Gasteiger partial charge in [0.15, 0.2) is 0 Å². The van der Waals surface area contributed by atoms with Crippen molar-refractivity contribution in [2.45, 2.75) is 10.6 Å². The average Bonchev–Trinajstić information content (AvgIpc) is 2.38. The molecule has 2 aromatic carbocycles. The van der Waals surface area contributed by atoms with Crippen LogP contribution in [0.25, 0.3) is 0 Å². The third kappa shape index (κ3) is 2.82. The van der Waals surface area contributed by atoms with Crippen molar-refractivity contribution in [1.29, 1.82) is 5.26 Å². The van der Waals surface area contributed by atoms with Crippen molar-refractivity contribution in [3.8, 4) is 11.8 Å². The SMILES string of the molecule is N#Cc1cccc(CSc2cccc(O)c2)c1F. The number of rotatable bonds is 3. The third-order valence-corrected chi connectivity index (χ3v) is 3.45. The van der Waals surface area contributed by atoms with Crippen molar-refractivity contribution in [3.63, 3.8) is 0 Å². The molecule has 0 aliphatic rings. The number of hydrogen-bond acceptors (Lipinski definition) is 3. The van der Waals surface area contributed by atoms with Crippen LogP contribution in [0.1, 0.15) is 11.1 Å². The first kappa shape index (κ1) is 12.5. The molecule has 4 heteroatoms. The molecular formula is C14H10FNOS. The Kier molecular flexibility index (Phi) is 3.85. The normalized spacial score (nSPS) is 10.0. The molecule has 0 atom stereocenters. The van der Waals surface area contributed by atoms with Crippen LogP contribution in [0.15, 0.2) is 47.4 Å². The van der Waals surface area contributed by atoms with Crippen LogP contribution in [0, 0.1) is 17.1 Å². The lowest BCUT2D eigenvalue weighted by Crippen LogP contribution is -1.91. The van der Waals surface area contributed by atoms with Gasteiger partial charge in [-0.15, -0.1) is 11.8 Å². The first-order chi connectivity index (χ1) is 8.70. The quantitative estimate of drug-likeness (QED) is 0.855. The molecule has 1 N–H and O–H groups in total. The van der Waals surface area contributed by atoms with E-state index in [4.69, 9.17) is 5.26 Å². The average molecular weight is 259 g/mol. The zero-order valence-corrected chi connectivity index (χ0v) is 10.2. The number of benzene rings is 2. The molecule has 0 aliphatic carbocycles. The summed E-state index contributed by atoms with van der Waals surface area (Å²) >= 11 is 1.41. The Morgan fingerprint density at radius 3 is 2.72 bits per heavy atom. The van der Waals surface area contributed by atoms with Gasteiger partial charge in [-0.3, -0.25) is 0 Å². The highest BCUT2D eigenvalue weighted by Gasteiger charge is 2.07. The minimum absolute atomic E-state index is 0.0593. The van der Waals surface area contributed by atoms with Gasteiger partial charge in [0.05, 0.1) is 5.56 Å². The molecule has 0 aromatic heterocycles. The highest BCUT2D eigenvalue weighted by molar-refractivity contribution is 7.98. The molecular weight excluding hydrogens is 249 g/mol. The molecule has 90 valence electrons. The fraction of sp³-hybridized carbons (Fsp3) is 0.0714.